The highest BCUT2D eigenvalue weighted by Gasteiger charge is 2.12. The minimum Gasteiger partial charge on any atom is -0.372 e. The van der Waals surface area contributed by atoms with Crippen molar-refractivity contribution >= 4 is 23.2 Å². The van der Waals surface area contributed by atoms with Crippen molar-refractivity contribution in [2.45, 2.75) is 19.3 Å². The number of carbonyl (C=O) groups is 2. The first kappa shape index (κ1) is 17.7. The van der Waals surface area contributed by atoms with E-state index < -0.39 is 11.5 Å². The third-order valence-electron chi connectivity index (χ3n) is 4.19. The van der Waals surface area contributed by atoms with Crippen molar-refractivity contribution in [3.05, 3.63) is 52.4 Å². The summed E-state index contributed by atoms with van der Waals surface area (Å²) in [5.74, 6) is -0.870. The van der Waals surface area contributed by atoms with Crippen LogP contribution in [-0.2, 0) is 4.79 Å². The van der Waals surface area contributed by atoms with E-state index >= 15 is 0 Å². The predicted molar refractivity (Wildman–Crippen MR) is 98.3 cm³/mol. The SMILES string of the molecule is O=C(CNC(=O)c1ccc(=O)[nH]n1)Nc1ccc(N2CCCCC2)cc1. The molecular formula is C18H21N5O3. The van der Waals surface area contributed by atoms with E-state index in [-0.39, 0.29) is 18.1 Å². The molecule has 8 nitrogen and oxygen atoms in total. The number of nitrogens with one attached hydrogen (secondary N) is 3. The molecule has 136 valence electrons. The molecule has 0 bridgehead atoms. The maximum Gasteiger partial charge on any atom is 0.272 e. The minimum absolute atomic E-state index is 0.0447. The van der Waals surface area contributed by atoms with Gasteiger partial charge >= 0.3 is 0 Å². The van der Waals surface area contributed by atoms with Crippen molar-refractivity contribution in [1.82, 2.24) is 15.5 Å². The van der Waals surface area contributed by atoms with E-state index in [1.807, 2.05) is 24.3 Å². The number of hydrogen-bond donors (Lipinski definition) is 3. The van der Waals surface area contributed by atoms with Crippen LogP contribution in [-0.4, -0.2) is 41.6 Å². The van der Waals surface area contributed by atoms with Gasteiger partial charge in [-0.3, -0.25) is 14.4 Å². The Morgan fingerprint density at radius 3 is 2.42 bits per heavy atom. The normalized spacial score (nSPS) is 13.9. The van der Waals surface area contributed by atoms with Crippen LogP contribution in [0.5, 0.6) is 0 Å². The molecule has 1 saturated heterocycles. The number of amides is 2. The summed E-state index contributed by atoms with van der Waals surface area (Å²) in [5.41, 5.74) is 1.47. The van der Waals surface area contributed by atoms with Gasteiger partial charge in [-0.2, -0.15) is 5.10 Å². The lowest BCUT2D eigenvalue weighted by molar-refractivity contribution is -0.115. The smallest absolute Gasteiger partial charge is 0.272 e. The van der Waals surface area contributed by atoms with Gasteiger partial charge in [-0.05, 0) is 49.6 Å². The van der Waals surface area contributed by atoms with E-state index in [0.29, 0.717) is 5.69 Å². The number of benzene rings is 1. The quantitative estimate of drug-likeness (QED) is 0.745. The molecule has 3 rings (SSSR count). The molecule has 0 atom stereocenters. The molecule has 1 aromatic carbocycles. The first-order chi connectivity index (χ1) is 12.6. The molecule has 1 aliphatic rings. The lowest BCUT2D eigenvalue weighted by atomic mass is 10.1. The van der Waals surface area contributed by atoms with Gasteiger partial charge in [0.1, 0.15) is 5.69 Å². The van der Waals surface area contributed by atoms with Crippen molar-refractivity contribution in [3.63, 3.8) is 0 Å². The number of rotatable bonds is 5. The third kappa shape index (κ3) is 4.69. The fourth-order valence-electron chi connectivity index (χ4n) is 2.83. The van der Waals surface area contributed by atoms with Crippen LogP contribution in [0, 0.1) is 0 Å². The standard InChI is InChI=1S/C18H21N5O3/c24-16-9-8-15(21-22-16)18(26)19-12-17(25)20-13-4-6-14(7-5-13)23-10-2-1-3-11-23/h4-9H,1-3,10-12H2,(H,19,26)(H,20,25)(H,22,24). The van der Waals surface area contributed by atoms with Crippen molar-refractivity contribution in [3.8, 4) is 0 Å². The molecule has 1 aromatic heterocycles. The van der Waals surface area contributed by atoms with Gasteiger partial charge in [0.15, 0.2) is 0 Å². The van der Waals surface area contributed by atoms with Crippen LogP contribution in [0.25, 0.3) is 0 Å². The highest BCUT2D eigenvalue weighted by molar-refractivity contribution is 5.98. The Labute approximate surface area is 150 Å². The Kier molecular flexibility index (Phi) is 5.62. The number of carbonyl (C=O) groups excluding carboxylic acids is 2. The molecule has 1 aliphatic heterocycles. The second kappa shape index (κ2) is 8.28. The number of aromatic nitrogens is 2. The first-order valence-corrected chi connectivity index (χ1v) is 8.60. The molecule has 0 radical (unpaired) electrons. The summed E-state index contributed by atoms with van der Waals surface area (Å²) in [6.07, 6.45) is 3.70. The summed E-state index contributed by atoms with van der Waals surface area (Å²) >= 11 is 0. The lowest BCUT2D eigenvalue weighted by Gasteiger charge is -2.28. The van der Waals surface area contributed by atoms with Gasteiger partial charge < -0.3 is 15.5 Å². The number of piperidine rings is 1. The van der Waals surface area contributed by atoms with Gasteiger partial charge in [0, 0.05) is 30.5 Å². The van der Waals surface area contributed by atoms with Crippen molar-refractivity contribution in [1.29, 1.82) is 0 Å². The maximum atomic E-state index is 12.0. The highest BCUT2D eigenvalue weighted by Crippen LogP contribution is 2.21. The maximum absolute atomic E-state index is 12.0. The molecule has 2 amide bonds. The fraction of sp³-hybridized carbons (Fsp3) is 0.333. The topological polar surface area (TPSA) is 107 Å². The van der Waals surface area contributed by atoms with E-state index in [4.69, 9.17) is 0 Å². The van der Waals surface area contributed by atoms with Crippen molar-refractivity contribution < 1.29 is 9.59 Å². The summed E-state index contributed by atoms with van der Waals surface area (Å²) in [4.78, 5) is 37.1. The first-order valence-electron chi connectivity index (χ1n) is 8.60. The fourth-order valence-corrected chi connectivity index (χ4v) is 2.83. The second-order valence-electron chi connectivity index (χ2n) is 6.13. The molecule has 0 spiro atoms. The van der Waals surface area contributed by atoms with Gasteiger partial charge in [-0.15, -0.1) is 0 Å². The van der Waals surface area contributed by atoms with Gasteiger partial charge in [0.25, 0.3) is 11.5 Å². The van der Waals surface area contributed by atoms with Crippen LogP contribution >= 0.6 is 0 Å². The van der Waals surface area contributed by atoms with Gasteiger partial charge in [-0.1, -0.05) is 0 Å². The van der Waals surface area contributed by atoms with Crippen LogP contribution in [0.4, 0.5) is 11.4 Å². The molecule has 1 fully saturated rings. The average molecular weight is 355 g/mol. The number of aromatic amines is 1. The largest absolute Gasteiger partial charge is 0.372 e. The number of hydrogen-bond acceptors (Lipinski definition) is 5. The lowest BCUT2D eigenvalue weighted by Crippen LogP contribution is -2.33. The van der Waals surface area contributed by atoms with Crippen molar-refractivity contribution in [2.24, 2.45) is 0 Å². The van der Waals surface area contributed by atoms with E-state index in [9.17, 15) is 14.4 Å². The Balaban J connectivity index is 1.49. The van der Waals surface area contributed by atoms with E-state index in [0.717, 1.165) is 18.8 Å². The van der Waals surface area contributed by atoms with Crippen LogP contribution in [0.3, 0.4) is 0 Å². The summed E-state index contributed by atoms with van der Waals surface area (Å²) in [6, 6.07) is 10.2. The zero-order valence-electron chi connectivity index (χ0n) is 14.3. The zero-order chi connectivity index (χ0) is 18.4. The van der Waals surface area contributed by atoms with E-state index in [2.05, 4.69) is 25.7 Å². The van der Waals surface area contributed by atoms with E-state index in [1.165, 1.54) is 31.4 Å². The molecule has 2 aromatic rings. The minimum atomic E-state index is -0.531. The van der Waals surface area contributed by atoms with Crippen molar-refractivity contribution in [2.75, 3.05) is 29.9 Å². The molecule has 0 aliphatic carbocycles. The zero-order valence-corrected chi connectivity index (χ0v) is 14.3. The average Bonchev–Trinajstić information content (AvgIpc) is 2.68. The molecule has 26 heavy (non-hydrogen) atoms. The molecule has 0 unspecified atom stereocenters. The van der Waals surface area contributed by atoms with Gasteiger partial charge in [0.2, 0.25) is 5.91 Å². The van der Waals surface area contributed by atoms with Gasteiger partial charge in [0.05, 0.1) is 6.54 Å². The predicted octanol–water partition coefficient (Wildman–Crippen LogP) is 1.13. The van der Waals surface area contributed by atoms with Gasteiger partial charge in [-0.25, -0.2) is 5.10 Å². The molecule has 3 N–H and O–H groups in total. The summed E-state index contributed by atoms with van der Waals surface area (Å²) in [7, 11) is 0. The summed E-state index contributed by atoms with van der Waals surface area (Å²) < 4.78 is 0. The summed E-state index contributed by atoms with van der Waals surface area (Å²) in [5, 5.41) is 11.0. The second-order valence-corrected chi connectivity index (χ2v) is 6.13. The Hall–Kier alpha value is -3.16. The number of nitrogens with zero attached hydrogens (tertiary/aromatic N) is 2. The Morgan fingerprint density at radius 2 is 1.77 bits per heavy atom. The highest BCUT2D eigenvalue weighted by atomic mass is 16.2. The van der Waals surface area contributed by atoms with E-state index in [1.54, 1.807) is 0 Å². The van der Waals surface area contributed by atoms with Crippen LogP contribution in [0.1, 0.15) is 29.8 Å². The summed E-state index contributed by atoms with van der Waals surface area (Å²) in [6.45, 7) is 1.95. The van der Waals surface area contributed by atoms with Crippen LogP contribution in [0.2, 0.25) is 0 Å². The Bertz CT molecular complexity index is 805. The van der Waals surface area contributed by atoms with Crippen LogP contribution < -0.4 is 21.1 Å². The molecule has 8 heteroatoms. The molecular weight excluding hydrogens is 334 g/mol. The molecule has 2 heterocycles. The number of H-pyrrole nitrogens is 1. The molecule has 0 saturated carbocycles. The number of anilines is 2. The Morgan fingerprint density at radius 1 is 1.04 bits per heavy atom. The monoisotopic (exact) mass is 355 g/mol. The van der Waals surface area contributed by atoms with Crippen LogP contribution in [0.15, 0.2) is 41.2 Å². The third-order valence-corrected chi connectivity index (χ3v) is 4.19.